The lowest BCUT2D eigenvalue weighted by atomic mass is 9.74. The molecule has 5 N–H and O–H groups in total. The molecular weight excluding hydrogens is 1380 g/mol. The Morgan fingerprint density at radius 3 is 0.670 bits per heavy atom. The number of unbranched alkanes of at least 4 members (excludes halogenated alkanes) is 60. The molecule has 109 heavy (non-hydrogen) atoms. The maximum atomic E-state index is 13.6. The maximum Gasteiger partial charge on any atom is 0.695 e. The van der Waals surface area contributed by atoms with Crippen LogP contribution in [0.5, 0.6) is 11.5 Å². The van der Waals surface area contributed by atoms with E-state index < -0.39 is 26.6 Å². The highest BCUT2D eigenvalue weighted by atomic mass is 31.2. The Kier molecular flexibility index (Phi) is 63.0. The van der Waals surface area contributed by atoms with Crippen molar-refractivity contribution in [3.63, 3.8) is 0 Å². The molecule has 0 aliphatic heterocycles. The summed E-state index contributed by atoms with van der Waals surface area (Å²) in [6, 6.07) is 8.01. The van der Waals surface area contributed by atoms with Gasteiger partial charge in [0.1, 0.15) is 11.5 Å². The third-order valence-electron chi connectivity index (χ3n) is 24.5. The molecule has 2 aromatic carbocycles. The van der Waals surface area contributed by atoms with Crippen LogP contribution in [0.4, 0.5) is 0 Å². The zero-order valence-corrected chi connectivity index (χ0v) is 77.0. The number of aromatic hydroxyl groups is 2. The fourth-order valence-corrected chi connectivity index (χ4v) is 19.0. The van der Waals surface area contributed by atoms with Crippen molar-refractivity contribution < 1.29 is 38.5 Å². The predicted molar refractivity (Wildman–Crippen MR) is 480 cm³/mol. The number of phenols is 2. The van der Waals surface area contributed by atoms with E-state index >= 15 is 0 Å². The summed E-state index contributed by atoms with van der Waals surface area (Å²) in [6.07, 6.45) is 85.9. The molecule has 0 aliphatic rings. The van der Waals surface area contributed by atoms with Crippen molar-refractivity contribution in [3.05, 3.63) is 57.6 Å². The van der Waals surface area contributed by atoms with E-state index in [4.69, 9.17) is 4.52 Å². The van der Waals surface area contributed by atoms with E-state index in [2.05, 4.69) is 102 Å². The van der Waals surface area contributed by atoms with Crippen molar-refractivity contribution in [1.82, 2.24) is 0 Å². The van der Waals surface area contributed by atoms with Crippen molar-refractivity contribution in [2.24, 2.45) is 0 Å². The molecule has 0 aromatic heterocycles. The molecule has 8 nitrogen and oxygen atoms in total. The topological polar surface area (TPSA) is 145 Å². The van der Waals surface area contributed by atoms with Gasteiger partial charge in [-0.05, 0) is 94.4 Å². The summed E-state index contributed by atoms with van der Waals surface area (Å²) in [5, 5.41) is 21.3. The maximum absolute atomic E-state index is 13.6. The molecule has 10 heteroatoms. The van der Waals surface area contributed by atoms with Gasteiger partial charge in [-0.25, -0.2) is 0 Å². The highest BCUT2D eigenvalue weighted by Crippen LogP contribution is 2.63. The van der Waals surface area contributed by atoms with E-state index in [1.807, 2.05) is 19.1 Å². The van der Waals surface area contributed by atoms with E-state index in [9.17, 15) is 34.0 Å². The van der Waals surface area contributed by atoms with Gasteiger partial charge in [0, 0.05) is 4.57 Å². The largest absolute Gasteiger partial charge is 0.695 e. The first-order valence-electron chi connectivity index (χ1n) is 47.8. The first kappa shape index (κ1) is 105. The molecule has 2 aromatic rings. The minimum atomic E-state index is -4.50. The van der Waals surface area contributed by atoms with Crippen molar-refractivity contribution in [3.8, 4) is 11.5 Å². The Hall–Kier alpha value is -1.79. The van der Waals surface area contributed by atoms with Gasteiger partial charge in [-0.3, -0.25) is 4.57 Å². The highest BCUT2D eigenvalue weighted by Gasteiger charge is 2.48. The number of rotatable bonds is 73. The second-order valence-electron chi connectivity index (χ2n) is 38.0. The van der Waals surface area contributed by atoms with Gasteiger partial charge in [0.2, 0.25) is 0 Å². The summed E-state index contributed by atoms with van der Waals surface area (Å²) in [7, 11) is -7.29. The fraction of sp³-hybridized carbons (Fsp3) is 0.879. The van der Waals surface area contributed by atoms with E-state index in [0.29, 0.717) is 24.2 Å². The van der Waals surface area contributed by atoms with Crippen LogP contribution in [0.3, 0.4) is 0 Å². The van der Waals surface area contributed by atoms with E-state index in [1.54, 1.807) is 0 Å². The van der Waals surface area contributed by atoms with Gasteiger partial charge in [-0.2, -0.15) is 0 Å². The number of hydrogen-bond acceptors (Lipinski definition) is 5. The normalized spacial score (nSPS) is 12.7. The minimum Gasteiger partial charge on any atom is -0.507 e. The molecule has 0 spiro atoms. The van der Waals surface area contributed by atoms with Gasteiger partial charge >= 0.3 is 15.9 Å². The fourth-order valence-electron chi connectivity index (χ4n) is 17.1. The Labute approximate surface area is 680 Å². The number of aryl methyl sites for hydroxylation is 1. The van der Waals surface area contributed by atoms with Crippen LogP contribution in [0.25, 0.3) is 0 Å². The van der Waals surface area contributed by atoms with Crippen LogP contribution >= 0.6 is 15.9 Å². The SMILES string of the molecule is CCCCCCCCCCCCCCCCCCC(CCCCCCCCCCCCCCCCCC)(O[P+](=O)O)c1cc(C(C)(C)C)c(O)c(C(C)(C)C)c1.CCCCCCCCCCCCCCCCCCC(CCCCCCCCCCCCCCCCCC)(c1cc(C)c(O)c(C(C)(C)C)c1)P(=O)(O)O. The Morgan fingerprint density at radius 2 is 0.477 bits per heavy atom. The van der Waals surface area contributed by atoms with Crippen LogP contribution in [0.2, 0.25) is 0 Å². The van der Waals surface area contributed by atoms with Crippen LogP contribution < -0.4 is 0 Å². The summed E-state index contributed by atoms with van der Waals surface area (Å²) < 4.78 is 32.5. The van der Waals surface area contributed by atoms with Crippen molar-refractivity contribution in [2.45, 2.75) is 561 Å². The zero-order valence-electron chi connectivity index (χ0n) is 75.2. The van der Waals surface area contributed by atoms with Crippen LogP contribution in [-0.4, -0.2) is 24.9 Å². The highest BCUT2D eigenvalue weighted by molar-refractivity contribution is 7.53. The molecule has 0 saturated heterocycles. The predicted octanol–water partition coefficient (Wildman–Crippen LogP) is 34.8. The average Bonchev–Trinajstić information content (AvgIpc) is 0.764. The van der Waals surface area contributed by atoms with Gasteiger partial charge in [-0.1, -0.05) is 513 Å². The second-order valence-corrected chi connectivity index (χ2v) is 40.6. The minimum absolute atomic E-state index is 0.255. The molecule has 0 radical (unpaired) electrons. The molecule has 1 unspecified atom stereocenters. The van der Waals surface area contributed by atoms with E-state index in [-0.39, 0.29) is 22.0 Å². The Balaban J connectivity index is 0.00000109. The average molecular weight is 1570 g/mol. The lowest BCUT2D eigenvalue weighted by Gasteiger charge is -2.37. The molecule has 0 bridgehead atoms. The molecule has 640 valence electrons. The van der Waals surface area contributed by atoms with Crippen molar-refractivity contribution in [2.75, 3.05) is 0 Å². The number of phenolic OH excluding ortho intramolecular Hbond substituents is 2. The Bertz CT molecular complexity index is 2390. The smallest absolute Gasteiger partial charge is 0.507 e. The quantitative estimate of drug-likeness (QED) is 0.0325. The zero-order chi connectivity index (χ0) is 80.8. The third-order valence-corrected chi connectivity index (χ3v) is 26.8. The number of benzene rings is 2. The van der Waals surface area contributed by atoms with Crippen LogP contribution in [0.1, 0.15) is 560 Å². The van der Waals surface area contributed by atoms with Crippen LogP contribution in [-0.2, 0) is 40.7 Å². The first-order chi connectivity index (χ1) is 52.2. The molecule has 0 amide bonds. The van der Waals surface area contributed by atoms with E-state index in [0.717, 1.165) is 105 Å². The molecule has 0 fully saturated rings. The lowest BCUT2D eigenvalue weighted by molar-refractivity contribution is 0.0377. The first-order valence-corrected chi connectivity index (χ1v) is 50.6. The van der Waals surface area contributed by atoms with Gasteiger partial charge in [0.15, 0.2) is 5.60 Å². The number of hydrogen-bond donors (Lipinski definition) is 5. The summed E-state index contributed by atoms with van der Waals surface area (Å²) in [5.41, 5.74) is 3.23. The van der Waals surface area contributed by atoms with Gasteiger partial charge in [-0.15, -0.1) is 9.42 Å². The van der Waals surface area contributed by atoms with E-state index in [1.165, 1.54) is 347 Å². The van der Waals surface area contributed by atoms with Crippen LogP contribution in [0.15, 0.2) is 24.3 Å². The molecule has 2 rings (SSSR count). The summed E-state index contributed by atoms with van der Waals surface area (Å²) in [4.78, 5) is 32.6. The molecular formula is C99H187O8P2+. The monoisotopic (exact) mass is 1570 g/mol. The molecule has 1 atom stereocenters. The third kappa shape index (κ3) is 51.1. The summed E-state index contributed by atoms with van der Waals surface area (Å²) >= 11 is 0. The van der Waals surface area contributed by atoms with Gasteiger partial charge < -0.3 is 20.0 Å². The van der Waals surface area contributed by atoms with Gasteiger partial charge in [0.25, 0.3) is 0 Å². The van der Waals surface area contributed by atoms with Gasteiger partial charge in [0.05, 0.1) is 5.16 Å². The molecule has 0 saturated carbocycles. The standard InChI is InChI=1S/C51H95O4P.C48H91O4P/c1-9-11-13-15-17-19-21-23-25-27-29-31-33-35-37-39-41-51(55-56(53)54,45-43-46(49(3,4)5)48(52)47(44-45)50(6,7)8)42-40-38-36-34-32-30-28-26-24-22-20-18-16-14-12-10-2;1-7-9-11-13-15-17-19-21-23-25-27-29-31-33-35-37-39-48(53(50,51)52,44-41-43(3)46(49)45(42-44)47(4,5)6)40-38-36-34-32-30-28-26-24-22-20-18-16-14-12-10-8-2/h43-44H,9-42H2,1-8H3,(H-,52,53,54);41-42,49H,7-40H2,1-6H3,(H2,50,51,52)/p+1. The van der Waals surface area contributed by atoms with Crippen molar-refractivity contribution >= 4 is 15.9 Å². The Morgan fingerprint density at radius 1 is 0.294 bits per heavy atom. The van der Waals surface area contributed by atoms with Crippen LogP contribution in [0, 0.1) is 6.92 Å². The summed E-state index contributed by atoms with van der Waals surface area (Å²) in [6.45, 7) is 30.0. The molecule has 0 aliphatic carbocycles. The van der Waals surface area contributed by atoms with Crippen molar-refractivity contribution in [1.29, 1.82) is 0 Å². The second kappa shape index (κ2) is 65.3. The lowest BCUT2D eigenvalue weighted by Crippen LogP contribution is -2.30. The summed E-state index contributed by atoms with van der Waals surface area (Å²) in [5.74, 6) is 0.603. The molecule has 0 heterocycles.